The molecule has 0 unspecified atom stereocenters. The number of anilines is 1. The molecule has 26 heavy (non-hydrogen) atoms. The summed E-state index contributed by atoms with van der Waals surface area (Å²) in [5, 5.41) is 2.60. The topological polar surface area (TPSA) is 85.6 Å². The average Bonchev–Trinajstić information content (AvgIpc) is 3.31. The van der Waals surface area contributed by atoms with Gasteiger partial charge in [0.2, 0.25) is 5.78 Å². The maximum Gasteiger partial charge on any atom is 0.340 e. The molecule has 2 aromatic heterocycles. The number of hydrogen-bond donors (Lipinski definition) is 1. The van der Waals surface area contributed by atoms with Crippen LogP contribution in [0.2, 0.25) is 0 Å². The van der Waals surface area contributed by atoms with E-state index in [0.717, 1.165) is 4.88 Å². The second-order valence-electron chi connectivity index (χ2n) is 5.39. The van der Waals surface area contributed by atoms with E-state index >= 15 is 0 Å². The number of esters is 1. The Labute approximate surface area is 153 Å². The van der Waals surface area contributed by atoms with Gasteiger partial charge in [-0.05, 0) is 43.3 Å². The smallest absolute Gasteiger partial charge is 0.340 e. The molecule has 0 spiro atoms. The van der Waals surface area contributed by atoms with Crippen molar-refractivity contribution in [1.29, 1.82) is 0 Å². The number of carbonyl (C=O) groups is 3. The molecule has 0 aliphatic heterocycles. The first kappa shape index (κ1) is 17.6. The van der Waals surface area contributed by atoms with Crippen molar-refractivity contribution >= 4 is 34.7 Å². The van der Waals surface area contributed by atoms with E-state index < -0.39 is 11.9 Å². The molecule has 132 valence electrons. The average molecular weight is 369 g/mol. The number of thiophene rings is 1. The van der Waals surface area contributed by atoms with Crippen molar-refractivity contribution in [3.63, 3.8) is 0 Å². The SMILES string of the molecule is Cc1ccc(C(=O)COC(=O)c2ccccc2NC(=O)c2ccco2)s1. The quantitative estimate of drug-likeness (QED) is 0.525. The normalized spacial score (nSPS) is 10.3. The van der Waals surface area contributed by atoms with Gasteiger partial charge in [-0.2, -0.15) is 0 Å². The molecule has 0 saturated carbocycles. The molecule has 0 saturated heterocycles. The molecule has 1 amide bonds. The van der Waals surface area contributed by atoms with Crippen LogP contribution in [0.15, 0.2) is 59.2 Å². The minimum atomic E-state index is -0.693. The van der Waals surface area contributed by atoms with Crippen LogP contribution >= 0.6 is 11.3 Å². The van der Waals surface area contributed by atoms with Crippen molar-refractivity contribution in [3.05, 3.63) is 75.9 Å². The molecule has 3 rings (SSSR count). The van der Waals surface area contributed by atoms with Crippen LogP contribution in [-0.2, 0) is 4.74 Å². The van der Waals surface area contributed by atoms with Gasteiger partial charge in [-0.15, -0.1) is 11.3 Å². The van der Waals surface area contributed by atoms with Gasteiger partial charge >= 0.3 is 5.97 Å². The zero-order valence-electron chi connectivity index (χ0n) is 13.9. The largest absolute Gasteiger partial charge is 0.459 e. The Morgan fingerprint density at radius 1 is 1.08 bits per heavy atom. The Hall–Kier alpha value is -3.19. The summed E-state index contributed by atoms with van der Waals surface area (Å²) in [6.45, 7) is 1.53. The van der Waals surface area contributed by atoms with E-state index in [1.165, 1.54) is 29.7 Å². The second-order valence-corrected chi connectivity index (χ2v) is 6.67. The van der Waals surface area contributed by atoms with Gasteiger partial charge < -0.3 is 14.5 Å². The van der Waals surface area contributed by atoms with Crippen LogP contribution in [0.5, 0.6) is 0 Å². The van der Waals surface area contributed by atoms with E-state index in [2.05, 4.69) is 5.32 Å². The summed E-state index contributed by atoms with van der Waals surface area (Å²) < 4.78 is 10.1. The fourth-order valence-corrected chi connectivity index (χ4v) is 3.02. The number of Topliss-reactive ketones (excluding diaryl/α,β-unsaturated/α-hetero) is 1. The first-order valence-corrected chi connectivity index (χ1v) is 8.57. The monoisotopic (exact) mass is 369 g/mol. The van der Waals surface area contributed by atoms with Gasteiger partial charge in [0, 0.05) is 4.88 Å². The lowest BCUT2D eigenvalue weighted by Gasteiger charge is -2.09. The molecule has 3 aromatic rings. The minimum Gasteiger partial charge on any atom is -0.459 e. The summed E-state index contributed by atoms with van der Waals surface area (Å²) in [7, 11) is 0. The molecule has 0 bridgehead atoms. The fourth-order valence-electron chi connectivity index (χ4n) is 2.23. The number of ether oxygens (including phenoxy) is 1. The Balaban J connectivity index is 1.67. The van der Waals surface area contributed by atoms with Gasteiger partial charge in [-0.25, -0.2) is 4.79 Å². The predicted octanol–water partition coefficient (Wildman–Crippen LogP) is 3.94. The molecule has 6 nitrogen and oxygen atoms in total. The first-order chi connectivity index (χ1) is 12.5. The van der Waals surface area contributed by atoms with Crippen LogP contribution in [0, 0.1) is 6.92 Å². The van der Waals surface area contributed by atoms with Crippen molar-refractivity contribution in [3.8, 4) is 0 Å². The standard InChI is InChI=1S/C19H15NO5S/c1-12-8-9-17(26-12)15(21)11-25-19(23)13-5-2-3-6-14(13)20-18(22)16-7-4-10-24-16/h2-10H,11H2,1H3,(H,20,22). The van der Waals surface area contributed by atoms with Crippen LogP contribution in [0.25, 0.3) is 0 Å². The molecule has 0 fully saturated rings. The zero-order valence-corrected chi connectivity index (χ0v) is 14.7. The highest BCUT2D eigenvalue weighted by Crippen LogP contribution is 2.19. The van der Waals surface area contributed by atoms with Crippen LogP contribution in [0.3, 0.4) is 0 Å². The van der Waals surface area contributed by atoms with Crippen LogP contribution in [0.4, 0.5) is 5.69 Å². The van der Waals surface area contributed by atoms with Crippen molar-refractivity contribution in [2.45, 2.75) is 6.92 Å². The van der Waals surface area contributed by atoms with E-state index in [-0.39, 0.29) is 29.4 Å². The first-order valence-electron chi connectivity index (χ1n) is 7.75. The summed E-state index contributed by atoms with van der Waals surface area (Å²) in [5.41, 5.74) is 0.431. The Morgan fingerprint density at radius 2 is 1.88 bits per heavy atom. The Bertz CT molecular complexity index is 943. The van der Waals surface area contributed by atoms with Gasteiger partial charge in [0.15, 0.2) is 12.4 Å². The number of hydrogen-bond acceptors (Lipinski definition) is 6. The molecular formula is C19H15NO5S. The third-order valence-corrected chi connectivity index (χ3v) is 4.53. The lowest BCUT2D eigenvalue weighted by atomic mass is 10.1. The molecular weight excluding hydrogens is 354 g/mol. The van der Waals surface area contributed by atoms with Gasteiger partial charge in [0.05, 0.1) is 22.4 Å². The number of furan rings is 1. The van der Waals surface area contributed by atoms with Gasteiger partial charge in [0.1, 0.15) is 0 Å². The van der Waals surface area contributed by atoms with E-state index in [9.17, 15) is 14.4 Å². The second kappa shape index (κ2) is 7.79. The lowest BCUT2D eigenvalue weighted by molar-refractivity contribution is 0.0477. The highest BCUT2D eigenvalue weighted by atomic mass is 32.1. The molecule has 1 aromatic carbocycles. The summed E-state index contributed by atoms with van der Waals surface area (Å²) >= 11 is 1.35. The number of para-hydroxylation sites is 1. The van der Waals surface area contributed by atoms with Crippen molar-refractivity contribution < 1.29 is 23.5 Å². The summed E-state index contributed by atoms with van der Waals surface area (Å²) in [6, 6.07) is 13.0. The third-order valence-electron chi connectivity index (χ3n) is 3.49. The number of carbonyl (C=O) groups excluding carboxylic acids is 3. The molecule has 7 heteroatoms. The van der Waals surface area contributed by atoms with Gasteiger partial charge in [0.25, 0.3) is 5.91 Å². The lowest BCUT2D eigenvalue weighted by Crippen LogP contribution is -2.17. The van der Waals surface area contributed by atoms with Crippen LogP contribution in [-0.4, -0.2) is 24.3 Å². The number of ketones is 1. The Kier molecular flexibility index (Phi) is 5.28. The number of benzene rings is 1. The van der Waals surface area contributed by atoms with Crippen LogP contribution in [0.1, 0.15) is 35.5 Å². The van der Waals surface area contributed by atoms with Gasteiger partial charge in [-0.1, -0.05) is 12.1 Å². The number of nitrogens with one attached hydrogen (secondary N) is 1. The predicted molar refractivity (Wildman–Crippen MR) is 96.8 cm³/mol. The molecule has 0 aliphatic carbocycles. The minimum absolute atomic E-state index is 0.122. The van der Waals surface area contributed by atoms with E-state index in [0.29, 0.717) is 4.88 Å². The number of rotatable bonds is 6. The maximum atomic E-state index is 12.3. The van der Waals surface area contributed by atoms with Crippen molar-refractivity contribution in [1.82, 2.24) is 0 Å². The zero-order chi connectivity index (χ0) is 18.5. The number of aryl methyl sites for hydroxylation is 1. The van der Waals surface area contributed by atoms with Crippen molar-refractivity contribution in [2.24, 2.45) is 0 Å². The fraction of sp³-hybridized carbons (Fsp3) is 0.105. The van der Waals surface area contributed by atoms with Crippen molar-refractivity contribution in [2.75, 3.05) is 11.9 Å². The molecule has 0 aliphatic rings. The van der Waals surface area contributed by atoms with E-state index in [1.807, 2.05) is 13.0 Å². The molecule has 1 N–H and O–H groups in total. The highest BCUT2D eigenvalue weighted by Gasteiger charge is 2.18. The third kappa shape index (κ3) is 4.07. The number of amides is 1. The Morgan fingerprint density at radius 3 is 2.58 bits per heavy atom. The van der Waals surface area contributed by atoms with Crippen LogP contribution < -0.4 is 5.32 Å². The molecule has 2 heterocycles. The summed E-state index contributed by atoms with van der Waals surface area (Å²) in [4.78, 5) is 38.0. The highest BCUT2D eigenvalue weighted by molar-refractivity contribution is 7.14. The molecule has 0 atom stereocenters. The van der Waals surface area contributed by atoms with E-state index in [4.69, 9.17) is 9.15 Å². The summed E-state index contributed by atoms with van der Waals surface area (Å²) in [6.07, 6.45) is 1.38. The molecule has 0 radical (unpaired) electrons. The summed E-state index contributed by atoms with van der Waals surface area (Å²) in [5.74, 6) is -1.33. The van der Waals surface area contributed by atoms with E-state index in [1.54, 1.807) is 30.3 Å². The van der Waals surface area contributed by atoms with Gasteiger partial charge in [-0.3, -0.25) is 9.59 Å². The maximum absolute atomic E-state index is 12.3.